The van der Waals surface area contributed by atoms with E-state index in [-0.39, 0.29) is 25.0 Å². The molecule has 3 aromatic rings. The van der Waals surface area contributed by atoms with E-state index in [0.717, 1.165) is 15.9 Å². The fraction of sp³-hybridized carbons (Fsp3) is 0.125. The first-order valence-corrected chi connectivity index (χ1v) is 7.84. The molecule has 4 rings (SSSR count). The van der Waals surface area contributed by atoms with E-state index >= 15 is 0 Å². The maximum atomic E-state index is 12.5. The lowest BCUT2D eigenvalue weighted by Gasteiger charge is -2.27. The average Bonchev–Trinajstić information content (AvgIpc) is 2.99. The first-order valence-electron chi connectivity index (χ1n) is 7.07. The third-order valence-electron chi connectivity index (χ3n) is 3.54. The maximum absolute atomic E-state index is 12.5. The van der Waals surface area contributed by atoms with E-state index < -0.39 is 0 Å². The quantitative estimate of drug-likeness (QED) is 0.407. The van der Waals surface area contributed by atoms with Gasteiger partial charge in [-0.2, -0.15) is 0 Å². The molecule has 0 aliphatic carbocycles. The molecule has 0 bridgehead atoms. The molecule has 0 radical (unpaired) electrons. The second-order valence-corrected chi connectivity index (χ2v) is 6.09. The van der Waals surface area contributed by atoms with E-state index in [1.807, 2.05) is 36.4 Å². The molecule has 0 saturated carbocycles. The third-order valence-corrected chi connectivity index (χ3v) is 4.54. The molecule has 0 saturated heterocycles. The molecule has 0 N–H and O–H groups in total. The molecule has 0 fully saturated rings. The monoisotopic (exact) mass is 326 g/mol. The van der Waals surface area contributed by atoms with Gasteiger partial charge in [-0.05, 0) is 24.3 Å². The van der Waals surface area contributed by atoms with Crippen molar-refractivity contribution in [3.05, 3.63) is 48.5 Å². The van der Waals surface area contributed by atoms with Crippen molar-refractivity contribution >= 4 is 39.3 Å². The van der Waals surface area contributed by atoms with E-state index in [0.29, 0.717) is 5.75 Å². The summed E-state index contributed by atoms with van der Waals surface area (Å²) >= 11 is 1.29. The van der Waals surface area contributed by atoms with E-state index in [4.69, 9.17) is 4.74 Å². The summed E-state index contributed by atoms with van der Waals surface area (Å²) in [7, 11) is 0. The number of hydrogen-bond acceptors (Lipinski definition) is 6. The molecular formula is C16H12N3O3S+. The normalized spacial score (nSPS) is 13.7. The molecular weight excluding hydrogens is 314 g/mol. The zero-order valence-electron chi connectivity index (χ0n) is 12.0. The average molecular weight is 326 g/mol. The molecule has 1 aromatic heterocycles. The van der Waals surface area contributed by atoms with Gasteiger partial charge < -0.3 is 9.64 Å². The Morgan fingerprint density at radius 3 is 2.87 bits per heavy atom. The molecule has 6 nitrogen and oxygen atoms in total. The van der Waals surface area contributed by atoms with Gasteiger partial charge >= 0.3 is 11.9 Å². The summed E-state index contributed by atoms with van der Waals surface area (Å²) in [6, 6.07) is 14.8. The molecule has 2 heterocycles. The lowest BCUT2D eigenvalue weighted by molar-refractivity contribution is -0.563. The number of para-hydroxylation sites is 2. The van der Waals surface area contributed by atoms with Crippen molar-refractivity contribution in [2.45, 2.75) is 0 Å². The van der Waals surface area contributed by atoms with Crippen molar-refractivity contribution < 1.29 is 18.4 Å². The second-order valence-electron chi connectivity index (χ2n) is 5.12. The maximum Gasteiger partial charge on any atom is 0.449 e. The number of benzene rings is 2. The number of ether oxygens (including phenoxy) is 1. The first kappa shape index (κ1) is 13.8. The van der Waals surface area contributed by atoms with E-state index in [9.17, 15) is 9.59 Å². The van der Waals surface area contributed by atoms with E-state index in [1.165, 1.54) is 15.6 Å². The molecule has 1 aliphatic heterocycles. The summed E-state index contributed by atoms with van der Waals surface area (Å²) in [6.07, 6.45) is 0. The second kappa shape index (κ2) is 5.44. The Labute approximate surface area is 135 Å². The molecule has 7 heteroatoms. The van der Waals surface area contributed by atoms with Crippen molar-refractivity contribution in [3.63, 3.8) is 0 Å². The lowest BCUT2D eigenvalue weighted by atomic mass is 10.2. The van der Waals surface area contributed by atoms with Crippen LogP contribution in [0.3, 0.4) is 0 Å². The van der Waals surface area contributed by atoms with Crippen LogP contribution in [0.15, 0.2) is 48.5 Å². The van der Waals surface area contributed by atoms with Gasteiger partial charge in [0.25, 0.3) is 0 Å². The van der Waals surface area contributed by atoms with Crippen molar-refractivity contribution in [2.75, 3.05) is 18.0 Å². The van der Waals surface area contributed by atoms with Gasteiger partial charge in [0.05, 0.1) is 9.76 Å². The summed E-state index contributed by atoms with van der Waals surface area (Å²) in [5.74, 6) is -0.0765. The number of rotatable bonds is 2. The van der Waals surface area contributed by atoms with Crippen LogP contribution in [-0.4, -0.2) is 30.1 Å². The van der Waals surface area contributed by atoms with Crippen LogP contribution in [-0.2, 0) is 4.79 Å². The Morgan fingerprint density at radius 2 is 2.00 bits per heavy atom. The van der Waals surface area contributed by atoms with Gasteiger partial charge in [0, 0.05) is 5.10 Å². The smallest absolute Gasteiger partial charge is 0.423 e. The minimum absolute atomic E-state index is 0.0498. The molecule has 114 valence electrons. The summed E-state index contributed by atoms with van der Waals surface area (Å²) in [6.45, 7) is 0.116. The van der Waals surface area contributed by atoms with Crippen LogP contribution >= 0.6 is 11.5 Å². The Morgan fingerprint density at radius 1 is 1.22 bits per heavy atom. The number of esters is 1. The molecule has 0 unspecified atom stereocenters. The van der Waals surface area contributed by atoms with Gasteiger partial charge in [-0.1, -0.05) is 24.3 Å². The highest BCUT2D eigenvalue weighted by atomic mass is 32.1. The molecule has 23 heavy (non-hydrogen) atoms. The van der Waals surface area contributed by atoms with Gasteiger partial charge in [0.2, 0.25) is 0 Å². The Kier molecular flexibility index (Phi) is 3.27. The first-order chi connectivity index (χ1) is 11.2. The van der Waals surface area contributed by atoms with Crippen molar-refractivity contribution in [3.8, 4) is 5.75 Å². The summed E-state index contributed by atoms with van der Waals surface area (Å²) < 4.78 is 7.50. The van der Waals surface area contributed by atoms with Gasteiger partial charge in [0.1, 0.15) is 17.8 Å². The standard InChI is InChI=1S/C16H12N3O3S/c20-15(19-17-11-5-1-4-8-14(11)23-19)9-18-10-16(21)22-13-7-3-2-6-12(13)18/h1-8H,9-10H2/q+1. The predicted molar refractivity (Wildman–Crippen MR) is 84.7 cm³/mol. The minimum Gasteiger partial charge on any atom is -0.423 e. The topological polar surface area (TPSA) is 63.4 Å². The fourth-order valence-electron chi connectivity index (χ4n) is 2.50. The molecule has 0 amide bonds. The van der Waals surface area contributed by atoms with Gasteiger partial charge in [0.15, 0.2) is 22.8 Å². The van der Waals surface area contributed by atoms with Crippen LogP contribution < -0.4 is 13.7 Å². The fourth-order valence-corrected chi connectivity index (χ4v) is 3.32. The van der Waals surface area contributed by atoms with Crippen LogP contribution in [0.2, 0.25) is 0 Å². The van der Waals surface area contributed by atoms with Crippen molar-refractivity contribution in [1.29, 1.82) is 0 Å². The summed E-state index contributed by atoms with van der Waals surface area (Å²) in [5.41, 5.74) is 1.52. The minimum atomic E-state index is -0.370. The highest BCUT2D eigenvalue weighted by Gasteiger charge is 2.30. The van der Waals surface area contributed by atoms with E-state index in [1.54, 1.807) is 17.0 Å². The predicted octanol–water partition coefficient (Wildman–Crippen LogP) is 1.65. The van der Waals surface area contributed by atoms with Crippen LogP contribution in [0.1, 0.15) is 4.79 Å². The number of fused-ring (bicyclic) bond motifs is 2. The van der Waals surface area contributed by atoms with Gasteiger partial charge in [-0.15, -0.1) is 0 Å². The van der Waals surface area contributed by atoms with Gasteiger partial charge in [-0.25, -0.2) is 9.59 Å². The summed E-state index contributed by atoms with van der Waals surface area (Å²) in [4.78, 5) is 25.9. The van der Waals surface area contributed by atoms with Crippen LogP contribution in [0.5, 0.6) is 5.75 Å². The molecule has 2 aromatic carbocycles. The van der Waals surface area contributed by atoms with Crippen LogP contribution in [0.4, 0.5) is 5.69 Å². The highest BCUT2D eigenvalue weighted by Crippen LogP contribution is 2.31. The SMILES string of the molecule is O=C1CN(CC(=O)[n+]2nc3ccccc3s2)c2ccccc2O1. The molecule has 0 spiro atoms. The number of anilines is 1. The number of carbonyl (C=O) groups excluding carboxylic acids is 2. The Hall–Kier alpha value is -2.80. The number of hydrogen-bond donors (Lipinski definition) is 0. The zero-order chi connectivity index (χ0) is 15.8. The Bertz CT molecular complexity index is 889. The number of nitrogens with zero attached hydrogens (tertiary/aromatic N) is 3. The molecule has 0 atom stereocenters. The van der Waals surface area contributed by atoms with Crippen molar-refractivity contribution in [2.24, 2.45) is 0 Å². The molecule has 1 aliphatic rings. The van der Waals surface area contributed by atoms with E-state index in [2.05, 4.69) is 5.10 Å². The van der Waals surface area contributed by atoms with Crippen LogP contribution in [0.25, 0.3) is 10.2 Å². The largest absolute Gasteiger partial charge is 0.449 e. The van der Waals surface area contributed by atoms with Crippen molar-refractivity contribution in [1.82, 2.24) is 5.10 Å². The lowest BCUT2D eigenvalue weighted by Crippen LogP contribution is -2.50. The Balaban J connectivity index is 1.62. The van der Waals surface area contributed by atoms with Gasteiger partial charge in [-0.3, -0.25) is 0 Å². The third kappa shape index (κ3) is 2.55. The number of aromatic nitrogens is 2. The zero-order valence-corrected chi connectivity index (χ0v) is 12.8. The summed E-state index contributed by atoms with van der Waals surface area (Å²) in [5, 5.41) is 4.30. The number of carbonyl (C=O) groups is 2. The van der Waals surface area contributed by atoms with Crippen LogP contribution in [0, 0.1) is 0 Å². The highest BCUT2D eigenvalue weighted by molar-refractivity contribution is 7.09.